The van der Waals surface area contributed by atoms with Gasteiger partial charge in [-0.1, -0.05) is 11.6 Å². The number of carbonyl (C=O) groups excluding carboxylic acids is 1. The molecule has 0 aliphatic carbocycles. The molecule has 0 saturated carbocycles. The van der Waals surface area contributed by atoms with Gasteiger partial charge in [-0.25, -0.2) is 4.39 Å². The molecule has 1 saturated heterocycles. The Labute approximate surface area is 145 Å². The van der Waals surface area contributed by atoms with Crippen molar-refractivity contribution < 1.29 is 13.9 Å². The molecule has 0 bridgehead atoms. The van der Waals surface area contributed by atoms with E-state index >= 15 is 0 Å². The maximum Gasteiger partial charge on any atom is 0.257 e. The number of rotatable bonds is 3. The first-order valence-electron chi connectivity index (χ1n) is 7.86. The van der Waals surface area contributed by atoms with Crippen LogP contribution in [0.5, 0.6) is 11.5 Å². The van der Waals surface area contributed by atoms with Crippen molar-refractivity contribution in [2.45, 2.75) is 6.42 Å². The molecule has 0 spiro atoms. The minimum atomic E-state index is -0.341. The third-order valence-corrected chi connectivity index (χ3v) is 4.08. The van der Waals surface area contributed by atoms with Gasteiger partial charge in [0.25, 0.3) is 5.91 Å². The second-order valence-electron chi connectivity index (χ2n) is 5.59. The third kappa shape index (κ3) is 4.04. The first kappa shape index (κ1) is 16.7. The van der Waals surface area contributed by atoms with Gasteiger partial charge in [-0.15, -0.1) is 0 Å². The fourth-order valence-corrected chi connectivity index (χ4v) is 2.78. The number of benzene rings is 2. The standard InChI is InChI=1S/C18H18ClFN2O2/c19-13-2-7-17(24-15-5-3-14(20)4-6-15)16(12-13)18(23)22-10-1-8-21-9-11-22/h2-7,12,21H,1,8-11H2. The van der Waals surface area contributed by atoms with Crippen molar-refractivity contribution in [3.63, 3.8) is 0 Å². The average Bonchev–Trinajstić information content (AvgIpc) is 2.87. The van der Waals surface area contributed by atoms with Gasteiger partial charge >= 0.3 is 0 Å². The van der Waals surface area contributed by atoms with Crippen molar-refractivity contribution in [3.05, 3.63) is 58.9 Å². The lowest BCUT2D eigenvalue weighted by molar-refractivity contribution is 0.0764. The number of ether oxygens (including phenoxy) is 1. The van der Waals surface area contributed by atoms with Gasteiger partial charge in [0.2, 0.25) is 0 Å². The van der Waals surface area contributed by atoms with Gasteiger partial charge in [-0.2, -0.15) is 0 Å². The Balaban J connectivity index is 1.87. The van der Waals surface area contributed by atoms with Gasteiger partial charge in [-0.05, 0) is 55.4 Å². The van der Waals surface area contributed by atoms with E-state index in [1.54, 1.807) is 23.1 Å². The summed E-state index contributed by atoms with van der Waals surface area (Å²) in [6.45, 7) is 2.99. The van der Waals surface area contributed by atoms with E-state index in [0.29, 0.717) is 35.2 Å². The van der Waals surface area contributed by atoms with E-state index in [9.17, 15) is 9.18 Å². The first-order chi connectivity index (χ1) is 11.6. The number of nitrogens with one attached hydrogen (secondary N) is 1. The summed E-state index contributed by atoms with van der Waals surface area (Å²) < 4.78 is 18.8. The van der Waals surface area contributed by atoms with E-state index in [1.807, 2.05) is 0 Å². The van der Waals surface area contributed by atoms with Gasteiger partial charge < -0.3 is 15.0 Å². The van der Waals surface area contributed by atoms with Crippen LogP contribution in [0, 0.1) is 5.82 Å². The molecule has 0 aromatic heterocycles. The Morgan fingerprint density at radius 3 is 2.71 bits per heavy atom. The summed E-state index contributed by atoms with van der Waals surface area (Å²) in [6.07, 6.45) is 0.903. The fraction of sp³-hybridized carbons (Fsp3) is 0.278. The van der Waals surface area contributed by atoms with E-state index in [2.05, 4.69) is 5.32 Å². The molecule has 1 heterocycles. The fourth-order valence-electron chi connectivity index (χ4n) is 2.61. The lowest BCUT2D eigenvalue weighted by Gasteiger charge is -2.21. The molecule has 4 nitrogen and oxygen atoms in total. The summed E-state index contributed by atoms with van der Waals surface area (Å²) in [5.41, 5.74) is 0.411. The Kier molecular flexibility index (Phi) is 5.33. The Morgan fingerprint density at radius 1 is 1.12 bits per heavy atom. The Hall–Kier alpha value is -2.11. The number of carbonyl (C=O) groups is 1. The zero-order valence-electron chi connectivity index (χ0n) is 13.1. The zero-order chi connectivity index (χ0) is 16.9. The quantitative estimate of drug-likeness (QED) is 0.919. The molecule has 1 fully saturated rings. The molecular weight excluding hydrogens is 331 g/mol. The largest absolute Gasteiger partial charge is 0.457 e. The second-order valence-corrected chi connectivity index (χ2v) is 6.03. The van der Waals surface area contributed by atoms with Crippen LogP contribution in [-0.4, -0.2) is 37.0 Å². The topological polar surface area (TPSA) is 41.6 Å². The number of hydrogen-bond acceptors (Lipinski definition) is 3. The molecular formula is C18H18ClFN2O2. The van der Waals surface area contributed by atoms with Crippen LogP contribution in [0.15, 0.2) is 42.5 Å². The van der Waals surface area contributed by atoms with Gasteiger partial charge in [0.1, 0.15) is 17.3 Å². The van der Waals surface area contributed by atoms with E-state index in [4.69, 9.17) is 16.3 Å². The molecule has 24 heavy (non-hydrogen) atoms. The first-order valence-corrected chi connectivity index (χ1v) is 8.24. The molecule has 1 N–H and O–H groups in total. The van der Waals surface area contributed by atoms with Crippen molar-refractivity contribution in [2.75, 3.05) is 26.2 Å². The van der Waals surface area contributed by atoms with Crippen LogP contribution in [-0.2, 0) is 0 Å². The average molecular weight is 349 g/mol. The summed E-state index contributed by atoms with van der Waals surface area (Å²) in [6, 6.07) is 10.6. The number of nitrogens with zero attached hydrogens (tertiary/aromatic N) is 1. The summed E-state index contributed by atoms with van der Waals surface area (Å²) in [4.78, 5) is 14.7. The van der Waals surface area contributed by atoms with Crippen molar-refractivity contribution in [3.8, 4) is 11.5 Å². The minimum absolute atomic E-state index is 0.113. The zero-order valence-corrected chi connectivity index (χ0v) is 13.9. The van der Waals surface area contributed by atoms with Gasteiger partial charge in [0, 0.05) is 24.7 Å². The maximum absolute atomic E-state index is 13.0. The molecule has 1 aliphatic rings. The molecule has 0 radical (unpaired) electrons. The van der Waals surface area contributed by atoms with Crippen LogP contribution in [0.1, 0.15) is 16.8 Å². The lowest BCUT2D eigenvalue weighted by Crippen LogP contribution is -2.34. The molecule has 2 aromatic carbocycles. The van der Waals surface area contributed by atoms with E-state index < -0.39 is 0 Å². The highest BCUT2D eigenvalue weighted by Crippen LogP contribution is 2.29. The predicted octanol–water partition coefficient (Wildman–Crippen LogP) is 3.71. The second kappa shape index (κ2) is 7.64. The van der Waals surface area contributed by atoms with Crippen molar-refractivity contribution >= 4 is 17.5 Å². The molecule has 3 rings (SSSR count). The van der Waals surface area contributed by atoms with Gasteiger partial charge in [-0.3, -0.25) is 4.79 Å². The van der Waals surface area contributed by atoms with Crippen LogP contribution in [0.25, 0.3) is 0 Å². The van der Waals surface area contributed by atoms with E-state index in [0.717, 1.165) is 19.5 Å². The van der Waals surface area contributed by atoms with Crippen LogP contribution < -0.4 is 10.1 Å². The highest BCUT2D eigenvalue weighted by atomic mass is 35.5. The normalized spacial score (nSPS) is 15.0. The number of halogens is 2. The molecule has 6 heteroatoms. The highest BCUT2D eigenvalue weighted by molar-refractivity contribution is 6.31. The molecule has 1 amide bonds. The molecule has 126 valence electrons. The third-order valence-electron chi connectivity index (χ3n) is 3.84. The lowest BCUT2D eigenvalue weighted by atomic mass is 10.1. The molecule has 0 unspecified atom stereocenters. The van der Waals surface area contributed by atoms with Crippen LogP contribution >= 0.6 is 11.6 Å². The number of amides is 1. The monoisotopic (exact) mass is 348 g/mol. The summed E-state index contributed by atoms with van der Waals surface area (Å²) in [7, 11) is 0. The Bertz CT molecular complexity index is 713. The summed E-state index contributed by atoms with van der Waals surface area (Å²) in [5.74, 6) is 0.420. The van der Waals surface area contributed by atoms with E-state index in [-0.39, 0.29) is 11.7 Å². The number of hydrogen-bond donors (Lipinski definition) is 1. The van der Waals surface area contributed by atoms with Crippen molar-refractivity contribution in [1.82, 2.24) is 10.2 Å². The highest BCUT2D eigenvalue weighted by Gasteiger charge is 2.21. The minimum Gasteiger partial charge on any atom is -0.457 e. The van der Waals surface area contributed by atoms with Crippen LogP contribution in [0.2, 0.25) is 5.02 Å². The summed E-state index contributed by atoms with van der Waals surface area (Å²) >= 11 is 6.07. The van der Waals surface area contributed by atoms with E-state index in [1.165, 1.54) is 24.3 Å². The van der Waals surface area contributed by atoms with Crippen LogP contribution in [0.3, 0.4) is 0 Å². The summed E-state index contributed by atoms with van der Waals surface area (Å²) in [5, 5.41) is 3.74. The van der Waals surface area contributed by atoms with Crippen molar-refractivity contribution in [1.29, 1.82) is 0 Å². The molecule has 2 aromatic rings. The van der Waals surface area contributed by atoms with Crippen molar-refractivity contribution in [2.24, 2.45) is 0 Å². The molecule has 1 aliphatic heterocycles. The molecule has 0 atom stereocenters. The van der Waals surface area contributed by atoms with Crippen LogP contribution in [0.4, 0.5) is 4.39 Å². The maximum atomic E-state index is 13.0. The van der Waals surface area contributed by atoms with Gasteiger partial charge in [0.15, 0.2) is 0 Å². The smallest absolute Gasteiger partial charge is 0.257 e. The van der Waals surface area contributed by atoms with Gasteiger partial charge in [0.05, 0.1) is 5.56 Å². The Morgan fingerprint density at radius 2 is 1.92 bits per heavy atom. The SMILES string of the molecule is O=C(c1cc(Cl)ccc1Oc1ccc(F)cc1)N1CCCNCC1. The predicted molar refractivity (Wildman–Crippen MR) is 91.3 cm³/mol.